The number of guanidine groups is 1. The van der Waals surface area contributed by atoms with Gasteiger partial charge in [0.25, 0.3) is 5.69 Å². The fourth-order valence-electron chi connectivity index (χ4n) is 2.71. The summed E-state index contributed by atoms with van der Waals surface area (Å²) in [5.41, 5.74) is 1.00. The molecule has 1 fully saturated rings. The molecule has 1 aliphatic heterocycles. The van der Waals surface area contributed by atoms with E-state index in [2.05, 4.69) is 42.9 Å². The number of hydrogen-bond acceptors (Lipinski definition) is 3. The topological polar surface area (TPSA) is 70.8 Å². The van der Waals surface area contributed by atoms with Crippen LogP contribution in [0.3, 0.4) is 0 Å². The van der Waals surface area contributed by atoms with Crippen molar-refractivity contribution in [1.82, 2.24) is 10.2 Å². The zero-order chi connectivity index (χ0) is 16.5. The third-order valence-electron chi connectivity index (χ3n) is 4.98. The van der Waals surface area contributed by atoms with Crippen LogP contribution in [0.1, 0.15) is 33.3 Å². The van der Waals surface area contributed by atoms with Crippen LogP contribution in [0.25, 0.3) is 0 Å². The van der Waals surface area contributed by atoms with Gasteiger partial charge in [-0.15, -0.1) is 0 Å². The number of benzene rings is 1. The first-order valence-corrected chi connectivity index (χ1v) is 7.41. The number of rotatable bonds is 3. The second-order valence-corrected chi connectivity index (χ2v) is 6.82. The minimum Gasteiger partial charge on any atom is -0.352 e. The summed E-state index contributed by atoms with van der Waals surface area (Å²) in [5.74, 6) is 0.780. The van der Waals surface area contributed by atoms with Gasteiger partial charge in [0, 0.05) is 42.7 Å². The molecule has 0 spiro atoms. The number of hydrogen-bond donors (Lipinski definition) is 1. The summed E-state index contributed by atoms with van der Waals surface area (Å²) in [6.07, 6.45) is 0. The van der Waals surface area contributed by atoms with Gasteiger partial charge < -0.3 is 10.2 Å². The van der Waals surface area contributed by atoms with Crippen molar-refractivity contribution in [3.8, 4) is 0 Å². The minimum atomic E-state index is -0.351. The number of nitrogens with zero attached hydrogens (tertiary/aromatic N) is 3. The molecule has 1 saturated heterocycles. The molecule has 0 aliphatic carbocycles. The molecule has 0 bridgehead atoms. The molecule has 6 heteroatoms. The van der Waals surface area contributed by atoms with E-state index in [4.69, 9.17) is 0 Å². The van der Waals surface area contributed by atoms with E-state index < -0.39 is 0 Å². The van der Waals surface area contributed by atoms with Gasteiger partial charge in [-0.05, 0) is 13.8 Å². The molecule has 0 saturated carbocycles. The molecule has 1 N–H and O–H groups in total. The lowest BCUT2D eigenvalue weighted by Gasteiger charge is -2.62. The third-order valence-corrected chi connectivity index (χ3v) is 4.98. The summed E-state index contributed by atoms with van der Waals surface area (Å²) in [7, 11) is 1.74. The number of para-hydroxylation sites is 1. The summed E-state index contributed by atoms with van der Waals surface area (Å²) < 4.78 is 0. The van der Waals surface area contributed by atoms with Crippen LogP contribution in [-0.4, -0.2) is 34.9 Å². The van der Waals surface area contributed by atoms with Crippen LogP contribution in [-0.2, 0) is 6.54 Å². The lowest BCUT2D eigenvalue weighted by atomic mass is 9.65. The van der Waals surface area contributed by atoms with Crippen LogP contribution in [0.5, 0.6) is 0 Å². The SMILES string of the molecule is CN=C(NCc1ccccc1[N+](=O)[O-])N1CC(C)(C)C1(C)C. The van der Waals surface area contributed by atoms with E-state index in [1.54, 1.807) is 19.2 Å². The highest BCUT2D eigenvalue weighted by molar-refractivity contribution is 5.82. The maximum Gasteiger partial charge on any atom is 0.274 e. The largest absolute Gasteiger partial charge is 0.352 e. The molecule has 22 heavy (non-hydrogen) atoms. The van der Waals surface area contributed by atoms with Crippen molar-refractivity contribution < 1.29 is 4.92 Å². The summed E-state index contributed by atoms with van der Waals surface area (Å²) >= 11 is 0. The average Bonchev–Trinajstić information content (AvgIpc) is 2.46. The van der Waals surface area contributed by atoms with Gasteiger partial charge in [0.15, 0.2) is 5.96 Å². The van der Waals surface area contributed by atoms with Gasteiger partial charge in [0.05, 0.1) is 4.92 Å². The van der Waals surface area contributed by atoms with Crippen molar-refractivity contribution in [1.29, 1.82) is 0 Å². The fourth-order valence-corrected chi connectivity index (χ4v) is 2.71. The van der Waals surface area contributed by atoms with E-state index in [-0.39, 0.29) is 21.6 Å². The van der Waals surface area contributed by atoms with Crippen LogP contribution >= 0.6 is 0 Å². The summed E-state index contributed by atoms with van der Waals surface area (Å²) in [6.45, 7) is 10.1. The van der Waals surface area contributed by atoms with E-state index in [0.717, 1.165) is 12.5 Å². The summed E-state index contributed by atoms with van der Waals surface area (Å²) in [5, 5.41) is 14.3. The Morgan fingerprint density at radius 1 is 1.36 bits per heavy atom. The van der Waals surface area contributed by atoms with Gasteiger partial charge in [0.1, 0.15) is 0 Å². The van der Waals surface area contributed by atoms with Gasteiger partial charge in [0.2, 0.25) is 0 Å². The van der Waals surface area contributed by atoms with Crippen molar-refractivity contribution in [2.45, 2.75) is 39.8 Å². The van der Waals surface area contributed by atoms with Gasteiger partial charge in [-0.2, -0.15) is 0 Å². The van der Waals surface area contributed by atoms with Gasteiger partial charge in [-0.3, -0.25) is 15.1 Å². The first-order chi connectivity index (χ1) is 10.2. The molecular weight excluding hydrogens is 280 g/mol. The monoisotopic (exact) mass is 304 g/mol. The molecule has 0 radical (unpaired) electrons. The molecule has 6 nitrogen and oxygen atoms in total. The number of nitrogens with one attached hydrogen (secondary N) is 1. The van der Waals surface area contributed by atoms with E-state index in [1.165, 1.54) is 6.07 Å². The highest BCUT2D eigenvalue weighted by Gasteiger charge is 2.53. The summed E-state index contributed by atoms with van der Waals surface area (Å²) in [6, 6.07) is 6.78. The highest BCUT2D eigenvalue weighted by Crippen LogP contribution is 2.46. The van der Waals surface area contributed by atoms with E-state index in [1.807, 2.05) is 6.07 Å². The molecule has 0 unspecified atom stereocenters. The van der Waals surface area contributed by atoms with Crippen molar-refractivity contribution in [3.05, 3.63) is 39.9 Å². The van der Waals surface area contributed by atoms with Crippen molar-refractivity contribution in [2.24, 2.45) is 10.4 Å². The van der Waals surface area contributed by atoms with Crippen LogP contribution in [0.2, 0.25) is 0 Å². The highest BCUT2D eigenvalue weighted by atomic mass is 16.6. The Bertz CT molecular complexity index is 608. The molecule has 2 rings (SSSR count). The molecule has 0 amide bonds. The van der Waals surface area contributed by atoms with Crippen LogP contribution < -0.4 is 5.32 Å². The molecule has 0 aromatic heterocycles. The van der Waals surface area contributed by atoms with Gasteiger partial charge in [-0.25, -0.2) is 0 Å². The number of likely N-dealkylation sites (tertiary alicyclic amines) is 1. The summed E-state index contributed by atoms with van der Waals surface area (Å²) in [4.78, 5) is 17.2. The van der Waals surface area contributed by atoms with Gasteiger partial charge >= 0.3 is 0 Å². The molecular formula is C16H24N4O2. The molecule has 1 aromatic carbocycles. The quantitative estimate of drug-likeness (QED) is 0.403. The van der Waals surface area contributed by atoms with E-state index in [9.17, 15) is 10.1 Å². The minimum absolute atomic E-state index is 0.00252. The third kappa shape index (κ3) is 2.65. The Kier molecular flexibility index (Phi) is 4.13. The first kappa shape index (κ1) is 16.3. The zero-order valence-corrected chi connectivity index (χ0v) is 13.9. The van der Waals surface area contributed by atoms with Crippen molar-refractivity contribution in [2.75, 3.05) is 13.6 Å². The van der Waals surface area contributed by atoms with Gasteiger partial charge in [-0.1, -0.05) is 32.0 Å². The maximum atomic E-state index is 11.1. The van der Waals surface area contributed by atoms with E-state index in [0.29, 0.717) is 12.1 Å². The van der Waals surface area contributed by atoms with E-state index >= 15 is 0 Å². The van der Waals surface area contributed by atoms with Crippen molar-refractivity contribution >= 4 is 11.6 Å². The van der Waals surface area contributed by atoms with Crippen LogP contribution in [0, 0.1) is 15.5 Å². The average molecular weight is 304 g/mol. The molecule has 120 valence electrons. The second kappa shape index (κ2) is 5.59. The number of aliphatic imine (C=N–C) groups is 1. The second-order valence-electron chi connectivity index (χ2n) is 6.82. The lowest BCUT2D eigenvalue weighted by molar-refractivity contribution is -0.385. The lowest BCUT2D eigenvalue weighted by Crippen LogP contribution is -2.72. The predicted octanol–water partition coefficient (Wildman–Crippen LogP) is 2.79. The predicted molar refractivity (Wildman–Crippen MR) is 87.9 cm³/mol. The zero-order valence-electron chi connectivity index (χ0n) is 13.9. The normalized spacial score (nSPS) is 19.5. The maximum absolute atomic E-state index is 11.1. The van der Waals surface area contributed by atoms with Crippen LogP contribution in [0.15, 0.2) is 29.3 Å². The Labute approximate surface area is 131 Å². The van der Waals surface area contributed by atoms with Crippen LogP contribution in [0.4, 0.5) is 5.69 Å². The standard InChI is InChI=1S/C16H24N4O2/c1-15(2)11-19(16(15,3)4)14(17-5)18-10-12-8-6-7-9-13(12)20(21)22/h6-9H,10-11H2,1-5H3,(H,17,18). The molecule has 1 aromatic rings. The first-order valence-electron chi connectivity index (χ1n) is 7.41. The Balaban J connectivity index is 2.10. The van der Waals surface area contributed by atoms with Crippen molar-refractivity contribution in [3.63, 3.8) is 0 Å². The Hall–Kier alpha value is -2.11. The number of nitro groups is 1. The smallest absolute Gasteiger partial charge is 0.274 e. The number of nitro benzene ring substituents is 1. The molecule has 1 aliphatic rings. The Morgan fingerprint density at radius 2 is 2.00 bits per heavy atom. The molecule has 1 heterocycles. The fraction of sp³-hybridized carbons (Fsp3) is 0.562. The Morgan fingerprint density at radius 3 is 2.50 bits per heavy atom. The molecule has 0 atom stereocenters.